The summed E-state index contributed by atoms with van der Waals surface area (Å²) in [5, 5.41) is 5.26. The van der Waals surface area contributed by atoms with Crippen LogP contribution in [0.15, 0.2) is 23.1 Å². The van der Waals surface area contributed by atoms with E-state index >= 15 is 0 Å². The van der Waals surface area contributed by atoms with Gasteiger partial charge in [-0.15, -0.1) is 0 Å². The molecule has 2 aromatic heterocycles. The average molecular weight is 370 g/mol. The Kier molecular flexibility index (Phi) is 4.37. The van der Waals surface area contributed by atoms with Gasteiger partial charge in [0.05, 0.1) is 23.6 Å². The van der Waals surface area contributed by atoms with Gasteiger partial charge in [-0.25, -0.2) is 17.8 Å². The zero-order chi connectivity index (χ0) is 17.3. The molecule has 1 aliphatic rings. The number of carbonyl (C=O) groups is 2. The Bertz CT molecular complexity index is 859. The molecule has 0 radical (unpaired) electrons. The average Bonchev–Trinajstić information content (AvgIpc) is 3.20. The third-order valence-electron chi connectivity index (χ3n) is 3.61. The lowest BCUT2D eigenvalue weighted by atomic mass is 10.1. The summed E-state index contributed by atoms with van der Waals surface area (Å²) in [7, 11) is -3.37. The summed E-state index contributed by atoms with van der Waals surface area (Å²) >= 11 is 1.01. The molecule has 0 spiro atoms. The van der Waals surface area contributed by atoms with Crippen LogP contribution in [-0.4, -0.2) is 53.2 Å². The summed E-state index contributed by atoms with van der Waals surface area (Å²) in [6.45, 7) is 1.58. The molecule has 3 heterocycles. The van der Waals surface area contributed by atoms with Crippen LogP contribution in [0.1, 0.15) is 25.9 Å². The Morgan fingerprint density at radius 1 is 1.25 bits per heavy atom. The zero-order valence-corrected chi connectivity index (χ0v) is 14.2. The number of aryl methyl sites for hydroxylation is 1. The Morgan fingerprint density at radius 3 is 2.46 bits per heavy atom. The summed E-state index contributed by atoms with van der Waals surface area (Å²) < 4.78 is 32.6. The second-order valence-corrected chi connectivity index (χ2v) is 8.36. The molecule has 1 fully saturated rings. The predicted octanol–water partition coefficient (Wildman–Crippen LogP) is -0.235. The minimum Gasteiger partial charge on any atom is -0.448 e. The van der Waals surface area contributed by atoms with Crippen LogP contribution in [0.5, 0.6) is 0 Å². The SMILES string of the molecule is Cc1ocnc1C(=O)N[C@@H]1CS(=O)(=O)C[C@H]1NC(=O)c1ccns1. The number of aromatic nitrogens is 2. The quantitative estimate of drug-likeness (QED) is 0.759. The maximum absolute atomic E-state index is 12.2. The molecule has 1 aliphatic heterocycles. The topological polar surface area (TPSA) is 131 Å². The number of sulfone groups is 1. The van der Waals surface area contributed by atoms with Crippen molar-refractivity contribution in [3.05, 3.63) is 35.0 Å². The number of nitrogens with one attached hydrogen (secondary N) is 2. The van der Waals surface area contributed by atoms with Crippen LogP contribution in [0.3, 0.4) is 0 Å². The van der Waals surface area contributed by atoms with Gasteiger partial charge in [0, 0.05) is 6.20 Å². The van der Waals surface area contributed by atoms with Crippen LogP contribution in [0, 0.1) is 6.92 Å². The molecule has 0 bridgehead atoms. The van der Waals surface area contributed by atoms with Crippen molar-refractivity contribution in [2.45, 2.75) is 19.0 Å². The van der Waals surface area contributed by atoms with E-state index in [1.807, 2.05) is 0 Å². The molecule has 24 heavy (non-hydrogen) atoms. The summed E-state index contributed by atoms with van der Waals surface area (Å²) in [6.07, 6.45) is 2.62. The molecule has 0 aliphatic carbocycles. The predicted molar refractivity (Wildman–Crippen MR) is 84.5 cm³/mol. The maximum Gasteiger partial charge on any atom is 0.273 e. The van der Waals surface area contributed by atoms with Crippen molar-refractivity contribution in [1.82, 2.24) is 20.0 Å². The monoisotopic (exact) mass is 370 g/mol. The molecule has 128 valence electrons. The lowest BCUT2D eigenvalue weighted by Gasteiger charge is -2.20. The largest absolute Gasteiger partial charge is 0.448 e. The van der Waals surface area contributed by atoms with Gasteiger partial charge >= 0.3 is 0 Å². The van der Waals surface area contributed by atoms with Crippen molar-refractivity contribution >= 4 is 33.2 Å². The van der Waals surface area contributed by atoms with E-state index in [4.69, 9.17) is 4.42 Å². The zero-order valence-electron chi connectivity index (χ0n) is 12.6. The van der Waals surface area contributed by atoms with Gasteiger partial charge in [0.25, 0.3) is 11.8 Å². The fraction of sp³-hybridized carbons (Fsp3) is 0.385. The van der Waals surface area contributed by atoms with Crippen LogP contribution >= 0.6 is 11.5 Å². The van der Waals surface area contributed by atoms with E-state index in [1.54, 1.807) is 6.92 Å². The molecular formula is C13H14N4O5S2. The number of amides is 2. The summed E-state index contributed by atoms with van der Waals surface area (Å²) in [5.41, 5.74) is 0.0897. The first kappa shape index (κ1) is 16.6. The van der Waals surface area contributed by atoms with Gasteiger partial charge in [0.15, 0.2) is 21.9 Å². The molecule has 2 atom stereocenters. The number of carbonyl (C=O) groups excluding carboxylic acids is 2. The standard InChI is InChI=1S/C13H14N4O5S2/c1-7-11(14-6-22-7)13(19)17-9-5-24(20,21)4-8(9)16-12(18)10-2-3-15-23-10/h2-3,6,8-9H,4-5H2,1H3,(H,16,18)(H,17,19)/t8-,9-/m1/s1. The minimum absolute atomic E-state index is 0.0897. The number of hydrogen-bond acceptors (Lipinski definition) is 8. The minimum atomic E-state index is -3.37. The van der Waals surface area contributed by atoms with Gasteiger partial charge in [0.1, 0.15) is 10.6 Å². The highest BCUT2D eigenvalue weighted by Crippen LogP contribution is 2.16. The van der Waals surface area contributed by atoms with Gasteiger partial charge in [-0.2, -0.15) is 0 Å². The molecule has 0 saturated carbocycles. The first-order valence-electron chi connectivity index (χ1n) is 6.98. The first-order chi connectivity index (χ1) is 11.4. The van der Waals surface area contributed by atoms with E-state index in [9.17, 15) is 18.0 Å². The van der Waals surface area contributed by atoms with Crippen LogP contribution in [0.25, 0.3) is 0 Å². The van der Waals surface area contributed by atoms with Crippen molar-refractivity contribution in [3.8, 4) is 0 Å². The van der Waals surface area contributed by atoms with Crippen molar-refractivity contribution in [2.75, 3.05) is 11.5 Å². The van der Waals surface area contributed by atoms with Gasteiger partial charge in [-0.1, -0.05) is 0 Å². The third-order valence-corrected chi connectivity index (χ3v) is 6.09. The third kappa shape index (κ3) is 3.46. The highest BCUT2D eigenvalue weighted by Gasteiger charge is 2.40. The molecule has 2 amide bonds. The lowest BCUT2D eigenvalue weighted by Crippen LogP contribution is -2.51. The number of hydrogen-bond donors (Lipinski definition) is 2. The molecule has 0 aromatic carbocycles. The van der Waals surface area contributed by atoms with E-state index in [-0.39, 0.29) is 17.2 Å². The van der Waals surface area contributed by atoms with Gasteiger partial charge in [-0.3, -0.25) is 9.59 Å². The molecule has 9 nitrogen and oxygen atoms in total. The lowest BCUT2D eigenvalue weighted by molar-refractivity contribution is 0.0895. The maximum atomic E-state index is 12.2. The van der Waals surface area contributed by atoms with Crippen LogP contribution in [0.2, 0.25) is 0 Å². The van der Waals surface area contributed by atoms with Crippen molar-refractivity contribution in [3.63, 3.8) is 0 Å². The van der Waals surface area contributed by atoms with Crippen molar-refractivity contribution in [2.24, 2.45) is 0 Å². The van der Waals surface area contributed by atoms with E-state index in [1.165, 1.54) is 12.3 Å². The van der Waals surface area contributed by atoms with E-state index in [0.29, 0.717) is 10.6 Å². The van der Waals surface area contributed by atoms with E-state index in [0.717, 1.165) is 17.9 Å². The first-order valence-corrected chi connectivity index (χ1v) is 9.58. The Hall–Kier alpha value is -2.27. The number of nitrogens with zero attached hydrogens (tertiary/aromatic N) is 2. The highest BCUT2D eigenvalue weighted by molar-refractivity contribution is 7.91. The molecule has 2 aromatic rings. The summed E-state index contributed by atoms with van der Waals surface area (Å²) in [4.78, 5) is 28.5. The molecule has 1 saturated heterocycles. The van der Waals surface area contributed by atoms with Gasteiger partial charge in [-0.05, 0) is 24.5 Å². The fourth-order valence-electron chi connectivity index (χ4n) is 2.46. The molecule has 3 rings (SSSR count). The number of oxazole rings is 1. The normalized spacial score (nSPS) is 22.2. The second-order valence-electron chi connectivity index (χ2n) is 5.37. The summed E-state index contributed by atoms with van der Waals surface area (Å²) in [6, 6.07) is 0.0757. The Morgan fingerprint density at radius 2 is 1.92 bits per heavy atom. The van der Waals surface area contributed by atoms with Crippen LogP contribution < -0.4 is 10.6 Å². The second kappa shape index (κ2) is 6.32. The smallest absolute Gasteiger partial charge is 0.273 e. The Labute approximate surface area is 141 Å². The molecular weight excluding hydrogens is 356 g/mol. The van der Waals surface area contributed by atoms with Crippen molar-refractivity contribution < 1.29 is 22.4 Å². The van der Waals surface area contributed by atoms with E-state index < -0.39 is 33.7 Å². The van der Waals surface area contributed by atoms with E-state index in [2.05, 4.69) is 20.0 Å². The fourth-order valence-corrected chi connectivity index (χ4v) is 4.83. The summed E-state index contributed by atoms with van der Waals surface area (Å²) in [5.74, 6) is -1.11. The van der Waals surface area contributed by atoms with Crippen LogP contribution in [-0.2, 0) is 9.84 Å². The van der Waals surface area contributed by atoms with Gasteiger partial charge in [0.2, 0.25) is 0 Å². The molecule has 0 unspecified atom stereocenters. The molecule has 11 heteroatoms. The Balaban J connectivity index is 1.73. The molecule has 2 N–H and O–H groups in total. The highest BCUT2D eigenvalue weighted by atomic mass is 32.2. The number of rotatable bonds is 4. The van der Waals surface area contributed by atoms with Gasteiger partial charge < -0.3 is 15.1 Å². The van der Waals surface area contributed by atoms with Crippen LogP contribution in [0.4, 0.5) is 0 Å². The van der Waals surface area contributed by atoms with Crippen molar-refractivity contribution in [1.29, 1.82) is 0 Å².